The molecule has 0 heterocycles. The summed E-state index contributed by atoms with van der Waals surface area (Å²) in [5, 5.41) is 9.84. The van der Waals surface area contributed by atoms with E-state index in [-0.39, 0.29) is 10.7 Å². The van der Waals surface area contributed by atoms with Crippen molar-refractivity contribution in [3.63, 3.8) is 0 Å². The van der Waals surface area contributed by atoms with E-state index in [1.165, 1.54) is 12.3 Å². The Morgan fingerprint density at radius 2 is 1.77 bits per heavy atom. The summed E-state index contributed by atoms with van der Waals surface area (Å²) < 4.78 is 0. The molecule has 0 saturated heterocycles. The molecule has 0 rings (SSSR count). The van der Waals surface area contributed by atoms with Crippen molar-refractivity contribution >= 4 is 22.8 Å². The Hall–Kier alpha value is -0.770. The van der Waals surface area contributed by atoms with Gasteiger partial charge in [-0.25, -0.2) is 4.79 Å². The van der Waals surface area contributed by atoms with E-state index in [1.807, 2.05) is 0 Å². The minimum absolute atomic E-state index is 0.0342. The maximum Gasteiger partial charge on any atom is 0.331 e. The van der Waals surface area contributed by atoms with E-state index in [2.05, 4.69) is 0 Å². The second-order valence-electron chi connectivity index (χ2n) is 3.76. The molecule has 0 atom stereocenters. The topological polar surface area (TPSA) is 54.4 Å². The van der Waals surface area contributed by atoms with Crippen LogP contribution in [0.3, 0.4) is 0 Å². The molecule has 4 heteroatoms. The summed E-state index contributed by atoms with van der Waals surface area (Å²) in [6.07, 6.45) is 0. The third kappa shape index (κ3) is 4.72. The highest BCUT2D eigenvalue weighted by Crippen LogP contribution is 2.24. The van der Waals surface area contributed by atoms with Crippen LogP contribution in [-0.4, -0.2) is 16.2 Å². The standard InChI is InChI=1S/C9H14O3S/c1-6(7(10)11)5-13-8(12)9(2,3)4/h5H,1-4H3,(H,10,11). The van der Waals surface area contributed by atoms with Gasteiger partial charge in [-0.1, -0.05) is 32.5 Å². The Morgan fingerprint density at radius 3 is 2.08 bits per heavy atom. The van der Waals surface area contributed by atoms with E-state index in [0.717, 1.165) is 11.8 Å². The summed E-state index contributed by atoms with van der Waals surface area (Å²) in [5.74, 6) is -0.991. The predicted molar refractivity (Wildman–Crippen MR) is 53.4 cm³/mol. The first kappa shape index (κ1) is 12.2. The van der Waals surface area contributed by atoms with Crippen molar-refractivity contribution in [2.75, 3.05) is 0 Å². The Bertz CT molecular complexity index is 248. The molecular weight excluding hydrogens is 188 g/mol. The molecule has 0 aliphatic rings. The third-order valence-electron chi connectivity index (χ3n) is 1.29. The lowest BCUT2D eigenvalue weighted by molar-refractivity contribution is -0.132. The van der Waals surface area contributed by atoms with Gasteiger partial charge in [-0.15, -0.1) is 0 Å². The van der Waals surface area contributed by atoms with Gasteiger partial charge in [0.05, 0.1) is 0 Å². The van der Waals surface area contributed by atoms with Gasteiger partial charge in [-0.3, -0.25) is 4.79 Å². The summed E-state index contributed by atoms with van der Waals surface area (Å²) in [7, 11) is 0. The number of aliphatic carboxylic acids is 1. The van der Waals surface area contributed by atoms with Crippen LogP contribution < -0.4 is 0 Å². The Balaban J connectivity index is 4.26. The van der Waals surface area contributed by atoms with Crippen LogP contribution in [0, 0.1) is 5.41 Å². The van der Waals surface area contributed by atoms with E-state index in [4.69, 9.17) is 5.11 Å². The molecule has 0 unspecified atom stereocenters. The van der Waals surface area contributed by atoms with E-state index < -0.39 is 11.4 Å². The van der Waals surface area contributed by atoms with Gasteiger partial charge in [0.1, 0.15) is 0 Å². The molecule has 1 N–H and O–H groups in total. The molecule has 0 spiro atoms. The SMILES string of the molecule is CC(=CSC(=O)C(C)(C)C)C(=O)O. The van der Waals surface area contributed by atoms with E-state index in [9.17, 15) is 9.59 Å². The van der Waals surface area contributed by atoms with Gasteiger partial charge < -0.3 is 5.11 Å². The number of hydrogen-bond donors (Lipinski definition) is 1. The van der Waals surface area contributed by atoms with Crippen molar-refractivity contribution in [1.29, 1.82) is 0 Å². The molecule has 0 bridgehead atoms. The molecule has 3 nitrogen and oxygen atoms in total. The molecule has 13 heavy (non-hydrogen) atoms. The molecular formula is C9H14O3S. The van der Waals surface area contributed by atoms with Crippen LogP contribution >= 0.6 is 11.8 Å². The molecule has 0 aromatic rings. The van der Waals surface area contributed by atoms with Crippen molar-refractivity contribution in [2.24, 2.45) is 5.41 Å². The van der Waals surface area contributed by atoms with Crippen LogP contribution in [0.15, 0.2) is 11.0 Å². The third-order valence-corrected chi connectivity index (χ3v) is 2.59. The first-order chi connectivity index (χ1) is 5.75. The number of carboxylic acid groups (broad SMARTS) is 1. The summed E-state index contributed by atoms with van der Waals surface area (Å²) in [6.45, 7) is 6.86. The van der Waals surface area contributed by atoms with Gasteiger partial charge >= 0.3 is 5.97 Å². The number of carbonyl (C=O) groups is 2. The number of carbonyl (C=O) groups excluding carboxylic acids is 1. The van der Waals surface area contributed by atoms with Crippen LogP contribution in [0.4, 0.5) is 0 Å². The fourth-order valence-corrected chi connectivity index (χ4v) is 1.11. The van der Waals surface area contributed by atoms with Gasteiger partial charge in [0.15, 0.2) is 5.12 Å². The zero-order chi connectivity index (χ0) is 10.6. The molecule has 0 amide bonds. The Kier molecular flexibility index (Phi) is 4.20. The van der Waals surface area contributed by atoms with Gasteiger partial charge in [-0.2, -0.15) is 0 Å². The van der Waals surface area contributed by atoms with Crippen LogP contribution in [0.1, 0.15) is 27.7 Å². The molecule has 74 valence electrons. The maximum absolute atomic E-state index is 11.3. The lowest BCUT2D eigenvalue weighted by Gasteiger charge is -2.13. The predicted octanol–water partition coefficient (Wildman–Crippen LogP) is 2.28. The maximum atomic E-state index is 11.3. The molecule has 0 aliphatic carbocycles. The van der Waals surface area contributed by atoms with Crippen molar-refractivity contribution in [1.82, 2.24) is 0 Å². The zero-order valence-corrected chi connectivity index (χ0v) is 9.07. The van der Waals surface area contributed by atoms with Crippen LogP contribution in [0.25, 0.3) is 0 Å². The molecule has 0 aliphatic heterocycles. The van der Waals surface area contributed by atoms with Crippen LogP contribution in [0.5, 0.6) is 0 Å². The van der Waals surface area contributed by atoms with E-state index in [0.29, 0.717) is 0 Å². The normalized spacial score (nSPS) is 12.8. The molecule has 0 fully saturated rings. The summed E-state index contributed by atoms with van der Waals surface area (Å²) in [6, 6.07) is 0. The van der Waals surface area contributed by atoms with Crippen molar-refractivity contribution in [3.05, 3.63) is 11.0 Å². The summed E-state index contributed by atoms with van der Waals surface area (Å²) in [4.78, 5) is 21.7. The fraction of sp³-hybridized carbons (Fsp3) is 0.556. The summed E-state index contributed by atoms with van der Waals surface area (Å²) >= 11 is 0.938. The van der Waals surface area contributed by atoms with Crippen LogP contribution in [0.2, 0.25) is 0 Å². The Labute approximate surface area is 82.2 Å². The minimum atomic E-state index is -0.991. The highest BCUT2D eigenvalue weighted by Gasteiger charge is 2.20. The van der Waals surface area contributed by atoms with Crippen molar-refractivity contribution < 1.29 is 14.7 Å². The number of carboxylic acids is 1. The monoisotopic (exact) mass is 202 g/mol. The van der Waals surface area contributed by atoms with Gasteiger partial charge in [0, 0.05) is 11.0 Å². The quantitative estimate of drug-likeness (QED) is 0.698. The average Bonchev–Trinajstić information content (AvgIpc) is 1.97. The lowest BCUT2D eigenvalue weighted by Crippen LogP contribution is -2.15. The summed E-state index contributed by atoms with van der Waals surface area (Å²) in [5.41, 5.74) is -0.248. The van der Waals surface area contributed by atoms with Gasteiger partial charge in [0.25, 0.3) is 0 Å². The minimum Gasteiger partial charge on any atom is -0.478 e. The largest absolute Gasteiger partial charge is 0.478 e. The smallest absolute Gasteiger partial charge is 0.331 e. The Morgan fingerprint density at radius 1 is 1.31 bits per heavy atom. The number of thioether (sulfide) groups is 1. The molecule has 0 aromatic carbocycles. The van der Waals surface area contributed by atoms with Crippen LogP contribution in [-0.2, 0) is 9.59 Å². The number of rotatable bonds is 2. The van der Waals surface area contributed by atoms with Crippen molar-refractivity contribution in [2.45, 2.75) is 27.7 Å². The highest BCUT2D eigenvalue weighted by molar-refractivity contribution is 8.16. The average molecular weight is 202 g/mol. The second kappa shape index (κ2) is 4.46. The highest BCUT2D eigenvalue weighted by atomic mass is 32.2. The van der Waals surface area contributed by atoms with E-state index >= 15 is 0 Å². The van der Waals surface area contributed by atoms with Crippen molar-refractivity contribution in [3.8, 4) is 0 Å². The van der Waals surface area contributed by atoms with Gasteiger partial charge in [0.2, 0.25) is 0 Å². The second-order valence-corrected chi connectivity index (χ2v) is 4.60. The zero-order valence-electron chi connectivity index (χ0n) is 8.25. The fourth-order valence-electron chi connectivity index (χ4n) is 0.369. The number of hydrogen-bond acceptors (Lipinski definition) is 3. The first-order valence-corrected chi connectivity index (χ1v) is 4.74. The molecule has 0 saturated carbocycles. The van der Waals surface area contributed by atoms with Gasteiger partial charge in [-0.05, 0) is 12.3 Å². The first-order valence-electron chi connectivity index (χ1n) is 3.86. The lowest BCUT2D eigenvalue weighted by atomic mass is 10.00. The molecule has 0 radical (unpaired) electrons. The molecule has 0 aromatic heterocycles. The van der Waals surface area contributed by atoms with E-state index in [1.54, 1.807) is 20.8 Å².